The summed E-state index contributed by atoms with van der Waals surface area (Å²) < 4.78 is 5.41. The van der Waals surface area contributed by atoms with Crippen LogP contribution in [0.2, 0.25) is 5.02 Å². The van der Waals surface area contributed by atoms with Crippen molar-refractivity contribution in [2.24, 2.45) is 0 Å². The first-order chi connectivity index (χ1) is 10.6. The second kappa shape index (κ2) is 6.31. The van der Waals surface area contributed by atoms with Crippen molar-refractivity contribution in [3.05, 3.63) is 38.7 Å². The number of phenols is 1. The quantitative estimate of drug-likeness (QED) is 0.876. The van der Waals surface area contributed by atoms with Gasteiger partial charge in [-0.2, -0.15) is 0 Å². The van der Waals surface area contributed by atoms with Crippen LogP contribution in [0.15, 0.2) is 21.3 Å². The van der Waals surface area contributed by atoms with E-state index in [0.29, 0.717) is 29.1 Å². The van der Waals surface area contributed by atoms with E-state index < -0.39 is 0 Å². The minimum atomic E-state index is -0.383. The third-order valence-corrected chi connectivity index (χ3v) is 4.64. The monoisotopic (exact) mass is 321 g/mol. The molecule has 22 heavy (non-hydrogen) atoms. The highest BCUT2D eigenvalue weighted by molar-refractivity contribution is 6.33. The number of fused-ring (bicyclic) bond motifs is 1. The summed E-state index contributed by atoms with van der Waals surface area (Å²) in [6.45, 7) is 4.52. The molecule has 5 heteroatoms. The fourth-order valence-electron chi connectivity index (χ4n) is 3.16. The molecule has 1 N–H and O–H groups in total. The van der Waals surface area contributed by atoms with Gasteiger partial charge in [-0.05, 0) is 44.0 Å². The van der Waals surface area contributed by atoms with Gasteiger partial charge in [0.05, 0.1) is 10.6 Å². The molecule has 3 rings (SSSR count). The number of piperidine rings is 1. The van der Waals surface area contributed by atoms with Crippen LogP contribution in [0.25, 0.3) is 11.0 Å². The van der Waals surface area contributed by atoms with Gasteiger partial charge in [0, 0.05) is 18.0 Å². The Morgan fingerprint density at radius 3 is 2.68 bits per heavy atom. The summed E-state index contributed by atoms with van der Waals surface area (Å²) in [4.78, 5) is 14.1. The van der Waals surface area contributed by atoms with E-state index in [4.69, 9.17) is 16.0 Å². The maximum Gasteiger partial charge on any atom is 0.336 e. The molecule has 1 aromatic heterocycles. The minimum Gasteiger partial charge on any atom is -0.506 e. The zero-order valence-electron chi connectivity index (χ0n) is 12.7. The lowest BCUT2D eigenvalue weighted by Gasteiger charge is -2.27. The summed E-state index contributed by atoms with van der Waals surface area (Å²) in [5.74, 6) is 0.0242. The molecule has 0 unspecified atom stereocenters. The van der Waals surface area contributed by atoms with Crippen molar-refractivity contribution in [2.75, 3.05) is 13.1 Å². The summed E-state index contributed by atoms with van der Waals surface area (Å²) in [5, 5.41) is 11.5. The van der Waals surface area contributed by atoms with Gasteiger partial charge >= 0.3 is 5.63 Å². The average molecular weight is 322 g/mol. The number of phenolic OH excluding ortho intramolecular Hbond substituents is 1. The normalized spacial score (nSPS) is 16.3. The zero-order valence-corrected chi connectivity index (χ0v) is 13.4. The molecule has 1 aliphatic rings. The van der Waals surface area contributed by atoms with E-state index >= 15 is 0 Å². The maximum atomic E-state index is 11.8. The van der Waals surface area contributed by atoms with Gasteiger partial charge in [-0.1, -0.05) is 24.9 Å². The lowest BCUT2D eigenvalue weighted by Crippen LogP contribution is -2.29. The summed E-state index contributed by atoms with van der Waals surface area (Å²) in [7, 11) is 0. The van der Waals surface area contributed by atoms with Crippen LogP contribution < -0.4 is 5.63 Å². The third kappa shape index (κ3) is 2.85. The van der Waals surface area contributed by atoms with Crippen LogP contribution in [-0.2, 0) is 13.0 Å². The molecule has 118 valence electrons. The van der Waals surface area contributed by atoms with E-state index in [-0.39, 0.29) is 11.4 Å². The molecular formula is C17H20ClNO3. The number of benzene rings is 1. The fourth-order valence-corrected chi connectivity index (χ4v) is 3.38. The Bertz CT molecular complexity index is 748. The summed E-state index contributed by atoms with van der Waals surface area (Å²) in [6.07, 6.45) is 4.27. The van der Waals surface area contributed by atoms with Crippen molar-refractivity contribution in [1.29, 1.82) is 0 Å². The summed E-state index contributed by atoms with van der Waals surface area (Å²) >= 11 is 6.19. The van der Waals surface area contributed by atoms with Crippen molar-refractivity contribution >= 4 is 22.6 Å². The molecule has 1 aromatic carbocycles. The Hall–Kier alpha value is -1.52. The highest BCUT2D eigenvalue weighted by atomic mass is 35.5. The lowest BCUT2D eigenvalue weighted by molar-refractivity contribution is 0.218. The lowest BCUT2D eigenvalue weighted by atomic mass is 10.0. The molecule has 0 atom stereocenters. The third-order valence-electron chi connectivity index (χ3n) is 4.35. The molecule has 0 spiro atoms. The van der Waals surface area contributed by atoms with Crippen LogP contribution in [0.5, 0.6) is 5.75 Å². The van der Waals surface area contributed by atoms with Crippen molar-refractivity contribution in [3.63, 3.8) is 0 Å². The Kier molecular flexibility index (Phi) is 4.41. The smallest absolute Gasteiger partial charge is 0.336 e. The SMILES string of the molecule is CCc1cc(=O)oc2c(CN3CCCCC3)c(O)c(Cl)cc12. The number of likely N-dealkylation sites (tertiary alicyclic amines) is 1. The molecule has 1 aliphatic heterocycles. The van der Waals surface area contributed by atoms with Crippen LogP contribution in [0.4, 0.5) is 0 Å². The number of nitrogens with zero attached hydrogens (tertiary/aromatic N) is 1. The Morgan fingerprint density at radius 1 is 1.27 bits per heavy atom. The largest absolute Gasteiger partial charge is 0.506 e. The molecule has 2 aromatic rings. The van der Waals surface area contributed by atoms with Gasteiger partial charge < -0.3 is 9.52 Å². The van der Waals surface area contributed by atoms with Gasteiger partial charge in [-0.3, -0.25) is 4.90 Å². The first-order valence-electron chi connectivity index (χ1n) is 7.79. The van der Waals surface area contributed by atoms with Crippen LogP contribution in [0.1, 0.15) is 37.3 Å². The molecule has 0 radical (unpaired) electrons. The van der Waals surface area contributed by atoms with Crippen LogP contribution in [0, 0.1) is 0 Å². The predicted molar refractivity (Wildman–Crippen MR) is 87.7 cm³/mol. The van der Waals surface area contributed by atoms with Crippen molar-refractivity contribution in [3.8, 4) is 5.75 Å². The van der Waals surface area contributed by atoms with Gasteiger partial charge in [-0.25, -0.2) is 4.79 Å². The number of rotatable bonds is 3. The molecular weight excluding hydrogens is 302 g/mol. The van der Waals surface area contributed by atoms with Crippen LogP contribution in [-0.4, -0.2) is 23.1 Å². The molecule has 1 saturated heterocycles. The average Bonchev–Trinajstić information content (AvgIpc) is 2.53. The van der Waals surface area contributed by atoms with Gasteiger partial charge in [0.2, 0.25) is 0 Å². The van der Waals surface area contributed by atoms with Gasteiger partial charge in [0.25, 0.3) is 0 Å². The molecule has 4 nitrogen and oxygen atoms in total. The standard InChI is InChI=1S/C17H20ClNO3/c1-2-11-8-15(20)22-17-12(11)9-14(18)16(21)13(17)10-19-6-4-3-5-7-19/h8-9,21H,2-7,10H2,1H3. The Balaban J connectivity index is 2.15. The predicted octanol–water partition coefficient (Wildman–Crippen LogP) is 3.70. The second-order valence-electron chi connectivity index (χ2n) is 5.84. The summed E-state index contributed by atoms with van der Waals surface area (Å²) in [6, 6.07) is 3.19. The topological polar surface area (TPSA) is 53.7 Å². The van der Waals surface area contributed by atoms with E-state index in [0.717, 1.165) is 36.9 Å². The van der Waals surface area contributed by atoms with Gasteiger partial charge in [0.1, 0.15) is 11.3 Å². The Morgan fingerprint density at radius 2 is 2.00 bits per heavy atom. The second-order valence-corrected chi connectivity index (χ2v) is 6.25. The molecule has 0 aliphatic carbocycles. The number of hydrogen-bond acceptors (Lipinski definition) is 4. The summed E-state index contributed by atoms with van der Waals surface area (Å²) in [5.41, 5.74) is 1.60. The first kappa shape index (κ1) is 15.4. The van der Waals surface area contributed by atoms with E-state index in [1.54, 1.807) is 6.07 Å². The van der Waals surface area contributed by atoms with Crippen LogP contribution >= 0.6 is 11.6 Å². The molecule has 0 amide bonds. The maximum absolute atomic E-state index is 11.8. The Labute approximate surface area is 134 Å². The highest BCUT2D eigenvalue weighted by Crippen LogP contribution is 2.36. The molecule has 1 fully saturated rings. The van der Waals surface area contributed by atoms with Crippen LogP contribution in [0.3, 0.4) is 0 Å². The van der Waals surface area contributed by atoms with Gasteiger partial charge in [0.15, 0.2) is 0 Å². The highest BCUT2D eigenvalue weighted by Gasteiger charge is 2.20. The van der Waals surface area contributed by atoms with Crippen molar-refractivity contribution < 1.29 is 9.52 Å². The number of aryl methyl sites for hydroxylation is 1. The number of aromatic hydroxyl groups is 1. The first-order valence-corrected chi connectivity index (χ1v) is 8.17. The molecule has 0 saturated carbocycles. The number of halogens is 1. The van der Waals surface area contributed by atoms with E-state index in [1.165, 1.54) is 12.5 Å². The fraction of sp³-hybridized carbons (Fsp3) is 0.471. The van der Waals surface area contributed by atoms with E-state index in [2.05, 4.69) is 4.90 Å². The minimum absolute atomic E-state index is 0.0242. The molecule has 2 heterocycles. The number of hydrogen-bond donors (Lipinski definition) is 1. The van der Waals surface area contributed by atoms with Gasteiger partial charge in [-0.15, -0.1) is 0 Å². The van der Waals surface area contributed by atoms with Crippen molar-refractivity contribution in [2.45, 2.75) is 39.2 Å². The van der Waals surface area contributed by atoms with Crippen molar-refractivity contribution in [1.82, 2.24) is 4.90 Å². The van der Waals surface area contributed by atoms with E-state index in [1.807, 2.05) is 6.92 Å². The van der Waals surface area contributed by atoms with E-state index in [9.17, 15) is 9.90 Å². The zero-order chi connectivity index (χ0) is 15.7. The molecule has 0 bridgehead atoms.